The van der Waals surface area contributed by atoms with Crippen molar-refractivity contribution in [1.29, 1.82) is 0 Å². The van der Waals surface area contributed by atoms with Crippen molar-refractivity contribution in [3.8, 4) is 0 Å². The average molecular weight is 531 g/mol. The average Bonchev–Trinajstić information content (AvgIpc) is 2.93. The Bertz CT molecular complexity index is 1370. The van der Waals surface area contributed by atoms with Gasteiger partial charge in [-0.15, -0.1) is 0 Å². The van der Waals surface area contributed by atoms with Crippen LogP contribution >= 0.6 is 11.6 Å². The van der Waals surface area contributed by atoms with E-state index in [2.05, 4.69) is 74.3 Å². The third-order valence-corrected chi connectivity index (χ3v) is 9.17. The van der Waals surface area contributed by atoms with Crippen molar-refractivity contribution in [1.82, 2.24) is 10.0 Å². The Morgan fingerprint density at radius 1 is 1.05 bits per heavy atom. The summed E-state index contributed by atoms with van der Waals surface area (Å²) in [5.74, 6) is 0.715. The summed E-state index contributed by atoms with van der Waals surface area (Å²) in [7, 11) is 0. The SMILES string of the molecule is C[C@H]1CC[C@H](C(C)(C)c2ccc3ccccc3c2)[C@@H](OC(=O)N2O[C@@H]3C=C(c4ccc(Cl)nc4)[C@H]2CC3)C1. The van der Waals surface area contributed by atoms with Crippen LogP contribution in [-0.2, 0) is 15.0 Å². The van der Waals surface area contributed by atoms with Gasteiger partial charge in [0.05, 0.1) is 6.04 Å². The molecule has 3 aromatic rings. The topological polar surface area (TPSA) is 51.7 Å². The van der Waals surface area contributed by atoms with Crippen molar-refractivity contribution in [2.45, 2.75) is 76.5 Å². The van der Waals surface area contributed by atoms with Gasteiger partial charge in [-0.2, -0.15) is 5.06 Å². The van der Waals surface area contributed by atoms with Gasteiger partial charge < -0.3 is 4.74 Å². The van der Waals surface area contributed by atoms with Crippen LogP contribution in [0.1, 0.15) is 64.0 Å². The summed E-state index contributed by atoms with van der Waals surface area (Å²) in [6, 6.07) is 18.8. The quantitative estimate of drug-likeness (QED) is 0.321. The maximum Gasteiger partial charge on any atom is 0.434 e. The molecule has 1 aromatic heterocycles. The van der Waals surface area contributed by atoms with Gasteiger partial charge in [-0.05, 0) is 76.6 Å². The van der Waals surface area contributed by atoms with Crippen molar-refractivity contribution in [3.63, 3.8) is 0 Å². The maximum atomic E-state index is 13.7. The van der Waals surface area contributed by atoms with Gasteiger partial charge in [0.2, 0.25) is 0 Å². The van der Waals surface area contributed by atoms with Crippen LogP contribution in [0.2, 0.25) is 5.15 Å². The Labute approximate surface area is 229 Å². The molecule has 2 aromatic carbocycles. The van der Waals surface area contributed by atoms with Crippen molar-refractivity contribution < 1.29 is 14.4 Å². The number of fused-ring (bicyclic) bond motifs is 3. The lowest BCUT2D eigenvalue weighted by Crippen LogP contribution is -2.52. The summed E-state index contributed by atoms with van der Waals surface area (Å²) in [6.45, 7) is 6.85. The molecule has 5 nitrogen and oxygen atoms in total. The molecule has 7 rings (SSSR count). The van der Waals surface area contributed by atoms with Crippen LogP contribution in [0.3, 0.4) is 0 Å². The van der Waals surface area contributed by atoms with Crippen molar-refractivity contribution >= 4 is 34.0 Å². The summed E-state index contributed by atoms with van der Waals surface area (Å²) in [5.41, 5.74) is 3.15. The summed E-state index contributed by atoms with van der Waals surface area (Å²) < 4.78 is 6.36. The van der Waals surface area contributed by atoms with E-state index < -0.39 is 0 Å². The monoisotopic (exact) mass is 530 g/mol. The molecule has 2 aliphatic carbocycles. The molecule has 1 amide bonds. The highest BCUT2D eigenvalue weighted by Gasteiger charge is 2.45. The molecule has 0 spiro atoms. The second-order valence-corrected chi connectivity index (χ2v) is 12.2. The summed E-state index contributed by atoms with van der Waals surface area (Å²) in [5, 5.41) is 4.42. The molecule has 2 fully saturated rings. The number of carbonyl (C=O) groups is 1. The summed E-state index contributed by atoms with van der Waals surface area (Å²) in [4.78, 5) is 24.0. The van der Waals surface area contributed by atoms with Gasteiger partial charge in [-0.3, -0.25) is 4.84 Å². The predicted molar refractivity (Wildman–Crippen MR) is 151 cm³/mol. The Kier molecular flexibility index (Phi) is 6.69. The lowest BCUT2D eigenvalue weighted by molar-refractivity contribution is -0.211. The van der Waals surface area contributed by atoms with E-state index in [-0.39, 0.29) is 35.7 Å². The van der Waals surface area contributed by atoms with Gasteiger partial charge in [0.25, 0.3) is 0 Å². The zero-order valence-corrected chi connectivity index (χ0v) is 23.0. The molecule has 0 radical (unpaired) electrons. The third kappa shape index (κ3) is 4.71. The number of hydroxylamine groups is 2. The third-order valence-electron chi connectivity index (χ3n) is 8.95. The number of pyridine rings is 1. The maximum absolute atomic E-state index is 13.7. The first-order valence-corrected chi connectivity index (χ1v) is 14.2. The number of nitrogens with zero attached hydrogens (tertiary/aromatic N) is 2. The lowest BCUT2D eigenvalue weighted by atomic mass is 9.64. The molecule has 5 atom stereocenters. The molecule has 1 saturated heterocycles. The fourth-order valence-electron chi connectivity index (χ4n) is 6.69. The molecule has 3 heterocycles. The van der Waals surface area contributed by atoms with Crippen molar-refractivity contribution in [2.24, 2.45) is 11.8 Å². The Hall–Kier alpha value is -2.89. The fraction of sp³-hybridized carbons (Fsp3) is 0.438. The molecule has 1 saturated carbocycles. The van der Waals surface area contributed by atoms with Crippen LogP contribution < -0.4 is 0 Å². The largest absolute Gasteiger partial charge is 0.444 e. The van der Waals surface area contributed by atoms with Gasteiger partial charge in [0.15, 0.2) is 0 Å². The van der Waals surface area contributed by atoms with E-state index in [1.165, 1.54) is 21.4 Å². The van der Waals surface area contributed by atoms with Crippen LogP contribution in [0.25, 0.3) is 16.3 Å². The van der Waals surface area contributed by atoms with Crippen LogP contribution in [0.15, 0.2) is 66.9 Å². The normalized spacial score (nSPS) is 27.3. The van der Waals surface area contributed by atoms with E-state index in [0.29, 0.717) is 11.1 Å². The van der Waals surface area contributed by atoms with E-state index in [0.717, 1.165) is 43.2 Å². The molecular formula is C32H35ClN2O3. The Morgan fingerprint density at radius 3 is 2.63 bits per heavy atom. The number of halogens is 1. The number of carbonyl (C=O) groups excluding carboxylic acids is 1. The highest BCUT2D eigenvalue weighted by molar-refractivity contribution is 6.29. The number of hydrogen-bond donors (Lipinski definition) is 0. The van der Waals surface area contributed by atoms with Gasteiger partial charge >= 0.3 is 6.09 Å². The highest BCUT2D eigenvalue weighted by Crippen LogP contribution is 2.45. The van der Waals surface area contributed by atoms with Gasteiger partial charge in [0.1, 0.15) is 17.4 Å². The van der Waals surface area contributed by atoms with E-state index in [1.54, 1.807) is 12.3 Å². The van der Waals surface area contributed by atoms with Crippen LogP contribution in [0.5, 0.6) is 0 Å². The minimum atomic E-state index is -0.384. The molecule has 38 heavy (non-hydrogen) atoms. The Morgan fingerprint density at radius 2 is 1.87 bits per heavy atom. The standard InChI is InChI=1S/C32H35ClN2O3/c1-20-8-13-27(32(2,3)24-11-9-21-6-4-5-7-22(21)17-24)29(16-20)37-31(36)35-28-14-12-25(38-35)18-26(28)23-10-15-30(33)34-19-23/h4-7,9-11,15,17-20,25,27-29H,8,12-14,16H2,1-3H3/t20-,25-,27-,28+,29-/m0/s1. The summed E-state index contributed by atoms with van der Waals surface area (Å²) in [6.07, 6.45) is 7.91. The predicted octanol–water partition coefficient (Wildman–Crippen LogP) is 7.97. The number of rotatable bonds is 4. The molecule has 6 heteroatoms. The van der Waals surface area contributed by atoms with Crippen LogP contribution in [0.4, 0.5) is 4.79 Å². The Balaban J connectivity index is 1.24. The number of benzene rings is 2. The van der Waals surface area contributed by atoms with Crippen LogP contribution in [-0.4, -0.2) is 34.4 Å². The first-order chi connectivity index (χ1) is 18.3. The van der Waals surface area contributed by atoms with Crippen LogP contribution in [0, 0.1) is 11.8 Å². The molecule has 2 aliphatic heterocycles. The fourth-order valence-corrected chi connectivity index (χ4v) is 6.81. The first kappa shape index (κ1) is 25.4. The first-order valence-electron chi connectivity index (χ1n) is 13.8. The molecular weight excluding hydrogens is 496 g/mol. The molecule has 0 N–H and O–H groups in total. The summed E-state index contributed by atoms with van der Waals surface area (Å²) >= 11 is 6.01. The number of hydrogen-bond acceptors (Lipinski definition) is 4. The van der Waals surface area contributed by atoms with E-state index >= 15 is 0 Å². The highest BCUT2D eigenvalue weighted by atomic mass is 35.5. The molecule has 0 unspecified atom stereocenters. The smallest absolute Gasteiger partial charge is 0.434 e. The van der Waals surface area contributed by atoms with Crippen molar-refractivity contribution in [3.05, 3.63) is 83.2 Å². The van der Waals surface area contributed by atoms with Gasteiger partial charge in [0, 0.05) is 12.1 Å². The molecule has 2 bridgehead atoms. The minimum Gasteiger partial charge on any atom is -0.444 e. The second-order valence-electron chi connectivity index (χ2n) is 11.8. The van der Waals surface area contributed by atoms with Crippen molar-refractivity contribution in [2.75, 3.05) is 0 Å². The second kappa shape index (κ2) is 10.0. The zero-order valence-electron chi connectivity index (χ0n) is 22.3. The van der Waals surface area contributed by atoms with Gasteiger partial charge in [-0.1, -0.05) is 87.3 Å². The van der Waals surface area contributed by atoms with E-state index in [1.807, 2.05) is 6.07 Å². The van der Waals surface area contributed by atoms with Gasteiger partial charge in [-0.25, -0.2) is 9.78 Å². The molecule has 198 valence electrons. The lowest BCUT2D eigenvalue weighted by Gasteiger charge is -2.46. The number of aromatic nitrogens is 1. The zero-order chi connectivity index (χ0) is 26.4. The minimum absolute atomic E-state index is 0.145. The number of amides is 1. The van der Waals surface area contributed by atoms with E-state index in [4.69, 9.17) is 21.2 Å². The molecule has 4 aliphatic rings. The van der Waals surface area contributed by atoms with E-state index in [9.17, 15) is 4.79 Å². The number of ether oxygens (including phenoxy) is 1.